The highest BCUT2D eigenvalue weighted by Gasteiger charge is 2.44. The molecule has 0 saturated heterocycles. The Labute approximate surface area is 160 Å². The molecule has 0 spiro atoms. The zero-order valence-corrected chi connectivity index (χ0v) is 19.8. The highest BCUT2D eigenvalue weighted by atomic mass is 15.2. The van der Waals surface area contributed by atoms with Crippen LogP contribution in [0.1, 0.15) is 95.9 Å². The van der Waals surface area contributed by atoms with Gasteiger partial charge >= 0.3 is 0 Å². The Hall–Kier alpha value is -0.300. The Morgan fingerprint density at radius 3 is 1.68 bits per heavy atom. The van der Waals surface area contributed by atoms with Crippen LogP contribution in [0.2, 0.25) is 0 Å². The van der Waals surface area contributed by atoms with Crippen LogP contribution in [0.5, 0.6) is 0 Å². The molecule has 0 fully saturated rings. The minimum Gasteiger partial charge on any atom is -0.297 e. The van der Waals surface area contributed by atoms with Gasteiger partial charge in [0.05, 0.1) is 0 Å². The van der Waals surface area contributed by atoms with Gasteiger partial charge in [0.1, 0.15) is 0 Å². The third kappa shape index (κ3) is 6.12. The highest BCUT2D eigenvalue weighted by molar-refractivity contribution is 5.10. The van der Waals surface area contributed by atoms with E-state index >= 15 is 0 Å². The summed E-state index contributed by atoms with van der Waals surface area (Å²) in [5.41, 5.74) is 0.670. The second-order valence-electron chi connectivity index (χ2n) is 10.7. The summed E-state index contributed by atoms with van der Waals surface area (Å²) < 4.78 is 0. The summed E-state index contributed by atoms with van der Waals surface area (Å²) >= 11 is 0. The molecule has 25 heavy (non-hydrogen) atoms. The van der Waals surface area contributed by atoms with Gasteiger partial charge in [0.15, 0.2) is 0 Å². The van der Waals surface area contributed by atoms with E-state index in [2.05, 4.69) is 107 Å². The normalized spacial score (nSPS) is 19.0. The summed E-state index contributed by atoms with van der Waals surface area (Å²) in [6.07, 6.45) is 7.25. The molecule has 0 aromatic heterocycles. The van der Waals surface area contributed by atoms with Gasteiger partial charge in [-0.1, -0.05) is 67.5 Å². The smallest absolute Gasteiger partial charge is 0.0241 e. The maximum atomic E-state index is 2.61. The number of nitrogens with zero attached hydrogens (tertiary/aromatic N) is 1. The molecule has 3 unspecified atom stereocenters. The molecule has 150 valence electrons. The molecule has 0 aliphatic rings. The fourth-order valence-corrected chi connectivity index (χ4v) is 4.18. The second kappa shape index (κ2) is 9.07. The lowest BCUT2D eigenvalue weighted by molar-refractivity contribution is -0.00679. The second-order valence-corrected chi connectivity index (χ2v) is 10.7. The SMILES string of the molecule is CC=CC(C)(CC(C)CC(C)(C)C(C)C)C(C)(C)N(C)C(C)C(C)C. The third-order valence-electron chi connectivity index (χ3n) is 7.60. The summed E-state index contributed by atoms with van der Waals surface area (Å²) in [7, 11) is 2.31. The third-order valence-corrected chi connectivity index (χ3v) is 7.60. The number of allylic oxidation sites excluding steroid dienone is 1. The van der Waals surface area contributed by atoms with Crippen molar-refractivity contribution in [2.45, 2.75) is 108 Å². The van der Waals surface area contributed by atoms with E-state index in [1.165, 1.54) is 12.8 Å². The molecule has 0 rings (SSSR count). The molecular formula is C24H49N. The van der Waals surface area contributed by atoms with Crippen LogP contribution in [0.25, 0.3) is 0 Å². The molecule has 0 N–H and O–H groups in total. The average Bonchev–Trinajstić information content (AvgIpc) is 2.44. The van der Waals surface area contributed by atoms with Crippen molar-refractivity contribution in [1.29, 1.82) is 0 Å². The van der Waals surface area contributed by atoms with Crippen molar-refractivity contribution in [3.63, 3.8) is 0 Å². The molecule has 3 atom stereocenters. The van der Waals surface area contributed by atoms with E-state index in [1.807, 2.05) is 0 Å². The standard InChI is InChI=1S/C24H49N/c1-14-15-24(12,17-20(6)16-22(8,9)19(4)5)23(10,11)25(13)21(7)18(2)3/h14-15,18-21H,16-17H2,1-13H3. The first-order valence-corrected chi connectivity index (χ1v) is 10.5. The monoisotopic (exact) mass is 351 g/mol. The van der Waals surface area contributed by atoms with Gasteiger partial charge in [-0.15, -0.1) is 0 Å². The van der Waals surface area contributed by atoms with Crippen LogP contribution in [0.4, 0.5) is 0 Å². The molecule has 0 aromatic rings. The van der Waals surface area contributed by atoms with E-state index in [0.29, 0.717) is 23.3 Å². The summed E-state index contributed by atoms with van der Waals surface area (Å²) in [6.45, 7) is 28.6. The summed E-state index contributed by atoms with van der Waals surface area (Å²) in [4.78, 5) is 2.61. The average molecular weight is 352 g/mol. The Morgan fingerprint density at radius 1 is 0.840 bits per heavy atom. The predicted molar refractivity (Wildman–Crippen MR) is 116 cm³/mol. The van der Waals surface area contributed by atoms with Crippen molar-refractivity contribution >= 4 is 0 Å². The van der Waals surface area contributed by atoms with Crippen LogP contribution in [0, 0.1) is 28.6 Å². The van der Waals surface area contributed by atoms with E-state index in [-0.39, 0.29) is 11.0 Å². The molecule has 0 saturated carbocycles. The van der Waals surface area contributed by atoms with Crippen LogP contribution in [0.15, 0.2) is 12.2 Å². The fraction of sp³-hybridized carbons (Fsp3) is 0.917. The van der Waals surface area contributed by atoms with Crippen molar-refractivity contribution in [1.82, 2.24) is 4.90 Å². The first-order chi connectivity index (χ1) is 11.1. The van der Waals surface area contributed by atoms with E-state index in [9.17, 15) is 0 Å². The molecule has 0 heterocycles. The fourth-order valence-electron chi connectivity index (χ4n) is 4.18. The van der Waals surface area contributed by atoms with Crippen LogP contribution in [-0.4, -0.2) is 23.5 Å². The topological polar surface area (TPSA) is 3.24 Å². The lowest BCUT2D eigenvalue weighted by atomic mass is 9.64. The predicted octanol–water partition coefficient (Wildman–Crippen LogP) is 7.42. The lowest BCUT2D eigenvalue weighted by Crippen LogP contribution is -2.57. The first-order valence-electron chi connectivity index (χ1n) is 10.5. The van der Waals surface area contributed by atoms with E-state index in [1.54, 1.807) is 0 Å². The van der Waals surface area contributed by atoms with Crippen LogP contribution >= 0.6 is 0 Å². The van der Waals surface area contributed by atoms with E-state index < -0.39 is 0 Å². The van der Waals surface area contributed by atoms with Gasteiger partial charge < -0.3 is 0 Å². The van der Waals surface area contributed by atoms with E-state index in [4.69, 9.17) is 0 Å². The quantitative estimate of drug-likeness (QED) is 0.370. The molecular weight excluding hydrogens is 302 g/mol. The highest BCUT2D eigenvalue weighted by Crippen LogP contribution is 2.46. The molecule has 1 nitrogen and oxygen atoms in total. The van der Waals surface area contributed by atoms with Gasteiger partial charge in [-0.2, -0.15) is 0 Å². The summed E-state index contributed by atoms with van der Waals surface area (Å²) in [5.74, 6) is 2.09. The first kappa shape index (κ1) is 24.7. The molecule has 1 heteroatoms. The van der Waals surface area contributed by atoms with Gasteiger partial charge in [0.25, 0.3) is 0 Å². The van der Waals surface area contributed by atoms with Crippen LogP contribution in [0.3, 0.4) is 0 Å². The van der Waals surface area contributed by atoms with Crippen molar-refractivity contribution in [3.8, 4) is 0 Å². The number of rotatable bonds is 10. The van der Waals surface area contributed by atoms with Crippen molar-refractivity contribution in [3.05, 3.63) is 12.2 Å². The molecule has 0 bridgehead atoms. The molecule has 0 aromatic carbocycles. The van der Waals surface area contributed by atoms with Crippen molar-refractivity contribution < 1.29 is 0 Å². The minimum atomic E-state index is 0.111. The maximum absolute atomic E-state index is 2.61. The van der Waals surface area contributed by atoms with Crippen LogP contribution in [-0.2, 0) is 0 Å². The largest absolute Gasteiger partial charge is 0.297 e. The Morgan fingerprint density at radius 2 is 1.32 bits per heavy atom. The van der Waals surface area contributed by atoms with Crippen molar-refractivity contribution in [2.75, 3.05) is 7.05 Å². The number of hydrogen-bond acceptors (Lipinski definition) is 1. The zero-order valence-electron chi connectivity index (χ0n) is 19.8. The minimum absolute atomic E-state index is 0.111. The van der Waals surface area contributed by atoms with Gasteiger partial charge in [-0.3, -0.25) is 4.90 Å². The molecule has 0 aliphatic heterocycles. The van der Waals surface area contributed by atoms with E-state index in [0.717, 1.165) is 5.92 Å². The maximum Gasteiger partial charge on any atom is 0.0241 e. The van der Waals surface area contributed by atoms with Crippen molar-refractivity contribution in [2.24, 2.45) is 28.6 Å². The Balaban J connectivity index is 5.54. The Kier molecular flexibility index (Phi) is 8.96. The van der Waals surface area contributed by atoms with Gasteiger partial charge in [-0.25, -0.2) is 0 Å². The van der Waals surface area contributed by atoms with Gasteiger partial charge in [0, 0.05) is 17.0 Å². The zero-order chi connectivity index (χ0) is 20.2. The molecule has 0 aliphatic carbocycles. The summed E-state index contributed by atoms with van der Waals surface area (Å²) in [6, 6.07) is 0.571. The summed E-state index contributed by atoms with van der Waals surface area (Å²) in [5, 5.41) is 0. The number of hydrogen-bond donors (Lipinski definition) is 0. The Bertz CT molecular complexity index is 416. The molecule has 0 radical (unpaired) electrons. The van der Waals surface area contributed by atoms with Crippen LogP contribution < -0.4 is 0 Å². The van der Waals surface area contributed by atoms with Gasteiger partial charge in [0.2, 0.25) is 0 Å². The molecule has 0 amide bonds. The van der Waals surface area contributed by atoms with Gasteiger partial charge in [-0.05, 0) is 70.8 Å². The lowest BCUT2D eigenvalue weighted by Gasteiger charge is -2.53.